The van der Waals surface area contributed by atoms with Gasteiger partial charge in [-0.25, -0.2) is 0 Å². The Morgan fingerprint density at radius 3 is 2.87 bits per heavy atom. The Morgan fingerprint density at radius 2 is 2.00 bits per heavy atom. The third kappa shape index (κ3) is 2.53. The summed E-state index contributed by atoms with van der Waals surface area (Å²) >= 11 is 6.08. The molecule has 0 aliphatic carbocycles. The number of nitrogens with one attached hydrogen (secondary N) is 1. The molecule has 2 aliphatic heterocycles. The van der Waals surface area contributed by atoms with Crippen LogP contribution in [0, 0.1) is 0 Å². The Kier molecular flexibility index (Phi) is 3.62. The summed E-state index contributed by atoms with van der Waals surface area (Å²) in [4.78, 5) is 12.4. The fourth-order valence-electron chi connectivity index (χ4n) is 3.18. The summed E-state index contributed by atoms with van der Waals surface area (Å²) in [5, 5.41) is 3.41. The number of benzene rings is 2. The van der Waals surface area contributed by atoms with Crippen LogP contribution >= 0.6 is 11.6 Å². The minimum absolute atomic E-state index is 0.182. The number of fused-ring (bicyclic) bond motifs is 2. The van der Waals surface area contributed by atoms with Crippen LogP contribution in [0.25, 0.3) is 0 Å². The molecule has 0 spiro atoms. The van der Waals surface area contributed by atoms with Crippen molar-refractivity contribution in [3.63, 3.8) is 0 Å². The van der Waals surface area contributed by atoms with Gasteiger partial charge in [0.25, 0.3) is 5.91 Å². The predicted octanol–water partition coefficient (Wildman–Crippen LogP) is 3.14. The zero-order valence-corrected chi connectivity index (χ0v) is 13.3. The SMILES string of the molecule is O=C(NCc1c2c(cc3c1OCC3)OCC2)c1ccccc1Cl. The van der Waals surface area contributed by atoms with Gasteiger partial charge in [0.05, 0.1) is 23.8 Å². The number of ether oxygens (including phenoxy) is 2. The molecule has 0 unspecified atom stereocenters. The van der Waals surface area contributed by atoms with Crippen LogP contribution in [0.2, 0.25) is 5.02 Å². The quantitative estimate of drug-likeness (QED) is 0.941. The van der Waals surface area contributed by atoms with E-state index in [0.29, 0.717) is 30.3 Å². The fourth-order valence-corrected chi connectivity index (χ4v) is 3.40. The molecule has 118 valence electrons. The van der Waals surface area contributed by atoms with Crippen LogP contribution < -0.4 is 14.8 Å². The minimum Gasteiger partial charge on any atom is -0.493 e. The van der Waals surface area contributed by atoms with Gasteiger partial charge in [0.1, 0.15) is 11.5 Å². The van der Waals surface area contributed by atoms with Gasteiger partial charge in [-0.3, -0.25) is 4.79 Å². The van der Waals surface area contributed by atoms with Crippen molar-refractivity contribution in [2.45, 2.75) is 19.4 Å². The molecule has 5 heteroatoms. The monoisotopic (exact) mass is 329 g/mol. The zero-order valence-electron chi connectivity index (χ0n) is 12.5. The van der Waals surface area contributed by atoms with E-state index in [0.717, 1.165) is 41.0 Å². The molecule has 0 saturated heterocycles. The fraction of sp³-hybridized carbons (Fsp3) is 0.278. The highest BCUT2D eigenvalue weighted by Gasteiger charge is 2.26. The standard InChI is InChI=1S/C18H16ClNO3/c19-15-4-2-1-3-13(15)18(21)20-10-14-12-6-8-22-16(12)9-11-5-7-23-17(11)14/h1-4,9H,5-8,10H2,(H,20,21). The van der Waals surface area contributed by atoms with Gasteiger partial charge in [-0.2, -0.15) is 0 Å². The lowest BCUT2D eigenvalue weighted by molar-refractivity contribution is 0.0951. The van der Waals surface area contributed by atoms with Crippen molar-refractivity contribution in [2.24, 2.45) is 0 Å². The highest BCUT2D eigenvalue weighted by atomic mass is 35.5. The van der Waals surface area contributed by atoms with Crippen molar-refractivity contribution in [1.82, 2.24) is 5.32 Å². The number of halogens is 1. The predicted molar refractivity (Wildman–Crippen MR) is 87.5 cm³/mol. The molecule has 4 rings (SSSR count). The first-order valence-corrected chi connectivity index (χ1v) is 8.08. The van der Waals surface area contributed by atoms with Crippen LogP contribution in [0.15, 0.2) is 30.3 Å². The van der Waals surface area contributed by atoms with Crippen LogP contribution in [0.1, 0.15) is 27.0 Å². The van der Waals surface area contributed by atoms with E-state index in [-0.39, 0.29) is 5.91 Å². The first-order chi connectivity index (χ1) is 11.2. The van der Waals surface area contributed by atoms with E-state index in [1.165, 1.54) is 0 Å². The molecule has 0 saturated carbocycles. The van der Waals surface area contributed by atoms with E-state index in [1.54, 1.807) is 24.3 Å². The summed E-state index contributed by atoms with van der Waals surface area (Å²) in [6, 6.07) is 9.11. The molecular formula is C18H16ClNO3. The van der Waals surface area contributed by atoms with Crippen molar-refractivity contribution in [3.05, 3.63) is 57.6 Å². The first-order valence-electron chi connectivity index (χ1n) is 7.70. The smallest absolute Gasteiger partial charge is 0.253 e. The van der Waals surface area contributed by atoms with Gasteiger partial charge in [0.2, 0.25) is 0 Å². The van der Waals surface area contributed by atoms with Crippen LogP contribution in [0.4, 0.5) is 0 Å². The largest absolute Gasteiger partial charge is 0.493 e. The second-order valence-electron chi connectivity index (χ2n) is 5.68. The van der Waals surface area contributed by atoms with E-state index >= 15 is 0 Å². The molecule has 1 N–H and O–H groups in total. The van der Waals surface area contributed by atoms with Crippen LogP contribution in [0.3, 0.4) is 0 Å². The Balaban J connectivity index is 1.61. The van der Waals surface area contributed by atoms with Gasteiger partial charge in [-0.1, -0.05) is 23.7 Å². The van der Waals surface area contributed by atoms with Crippen molar-refractivity contribution in [3.8, 4) is 11.5 Å². The van der Waals surface area contributed by atoms with Gasteiger partial charge in [0, 0.05) is 36.1 Å². The first kappa shape index (κ1) is 14.4. The summed E-state index contributed by atoms with van der Waals surface area (Å²) in [6.07, 6.45) is 1.74. The van der Waals surface area contributed by atoms with Crippen molar-refractivity contribution >= 4 is 17.5 Å². The summed E-state index contributed by atoms with van der Waals surface area (Å²) < 4.78 is 11.5. The van der Waals surface area contributed by atoms with Gasteiger partial charge in [-0.05, 0) is 18.2 Å². The van der Waals surface area contributed by atoms with Crippen molar-refractivity contribution in [1.29, 1.82) is 0 Å². The normalized spacial score (nSPS) is 14.7. The zero-order chi connectivity index (χ0) is 15.8. The Bertz CT molecular complexity index is 756. The maximum atomic E-state index is 12.4. The molecule has 0 atom stereocenters. The van der Waals surface area contributed by atoms with Gasteiger partial charge >= 0.3 is 0 Å². The molecule has 23 heavy (non-hydrogen) atoms. The molecule has 0 radical (unpaired) electrons. The highest BCUT2D eigenvalue weighted by molar-refractivity contribution is 6.33. The molecule has 2 aliphatic rings. The molecule has 0 bridgehead atoms. The van der Waals surface area contributed by atoms with Crippen LogP contribution in [0.5, 0.6) is 11.5 Å². The number of carbonyl (C=O) groups is 1. The maximum absolute atomic E-state index is 12.4. The molecule has 1 amide bonds. The summed E-state index contributed by atoms with van der Waals surface area (Å²) in [5.41, 5.74) is 3.82. The lowest BCUT2D eigenvalue weighted by atomic mass is 9.99. The van der Waals surface area contributed by atoms with Gasteiger partial charge in [0.15, 0.2) is 0 Å². The lowest BCUT2D eigenvalue weighted by Gasteiger charge is -2.14. The number of carbonyl (C=O) groups excluding carboxylic acids is 1. The third-order valence-electron chi connectivity index (χ3n) is 4.30. The molecule has 2 aromatic carbocycles. The maximum Gasteiger partial charge on any atom is 0.253 e. The number of hydrogen-bond acceptors (Lipinski definition) is 3. The number of amides is 1. The molecule has 2 aromatic rings. The summed E-state index contributed by atoms with van der Waals surface area (Å²) in [6.45, 7) is 1.78. The Morgan fingerprint density at radius 1 is 1.17 bits per heavy atom. The second kappa shape index (κ2) is 5.78. The summed E-state index contributed by atoms with van der Waals surface area (Å²) in [5.74, 6) is 1.66. The highest BCUT2D eigenvalue weighted by Crippen LogP contribution is 2.40. The molecule has 4 nitrogen and oxygen atoms in total. The minimum atomic E-state index is -0.182. The molecule has 0 fully saturated rings. The van der Waals surface area contributed by atoms with E-state index < -0.39 is 0 Å². The van der Waals surface area contributed by atoms with E-state index in [2.05, 4.69) is 11.4 Å². The Hall–Kier alpha value is -2.20. The van der Waals surface area contributed by atoms with Gasteiger partial charge < -0.3 is 14.8 Å². The van der Waals surface area contributed by atoms with E-state index in [9.17, 15) is 4.79 Å². The third-order valence-corrected chi connectivity index (χ3v) is 4.63. The topological polar surface area (TPSA) is 47.6 Å². The average molecular weight is 330 g/mol. The van der Waals surface area contributed by atoms with E-state index in [1.807, 2.05) is 0 Å². The van der Waals surface area contributed by atoms with Crippen LogP contribution in [-0.4, -0.2) is 19.1 Å². The lowest BCUT2D eigenvalue weighted by Crippen LogP contribution is -2.24. The molecular weight excluding hydrogens is 314 g/mol. The summed E-state index contributed by atoms with van der Waals surface area (Å²) in [7, 11) is 0. The van der Waals surface area contributed by atoms with Gasteiger partial charge in [-0.15, -0.1) is 0 Å². The van der Waals surface area contributed by atoms with Crippen LogP contribution in [-0.2, 0) is 19.4 Å². The number of hydrogen-bond donors (Lipinski definition) is 1. The van der Waals surface area contributed by atoms with E-state index in [4.69, 9.17) is 21.1 Å². The second-order valence-corrected chi connectivity index (χ2v) is 6.09. The molecule has 2 heterocycles. The number of rotatable bonds is 3. The molecule has 0 aromatic heterocycles. The van der Waals surface area contributed by atoms with Crippen molar-refractivity contribution in [2.75, 3.05) is 13.2 Å². The van der Waals surface area contributed by atoms with Crippen molar-refractivity contribution < 1.29 is 14.3 Å². The Labute approximate surface area is 139 Å². The average Bonchev–Trinajstić information content (AvgIpc) is 3.20.